The smallest absolute Gasteiger partial charge is 0.200 e. The van der Waals surface area contributed by atoms with Gasteiger partial charge in [-0.2, -0.15) is 0 Å². The third-order valence-corrected chi connectivity index (χ3v) is 4.46. The second kappa shape index (κ2) is 6.54. The number of methoxy groups -OCH3 is 1. The SMILES string of the molecule is COc1ccc2c3c(ccc2c1)O[C@H](OCc1ccccc1)CC3. The molecule has 3 heteroatoms. The molecule has 0 bridgehead atoms. The molecule has 3 aromatic carbocycles. The van der Waals surface area contributed by atoms with Crippen molar-refractivity contribution < 1.29 is 14.2 Å². The zero-order valence-corrected chi connectivity index (χ0v) is 13.7. The van der Waals surface area contributed by atoms with Gasteiger partial charge in [0, 0.05) is 12.0 Å². The predicted octanol–water partition coefficient (Wildman–Crippen LogP) is 4.72. The molecule has 0 saturated heterocycles. The van der Waals surface area contributed by atoms with Crippen LogP contribution in [0.15, 0.2) is 60.7 Å². The molecule has 1 aliphatic rings. The summed E-state index contributed by atoms with van der Waals surface area (Å²) in [6.45, 7) is 0.575. The second-order valence-corrected chi connectivity index (χ2v) is 6.01. The first-order valence-corrected chi connectivity index (χ1v) is 8.25. The molecule has 1 heterocycles. The number of ether oxygens (including phenoxy) is 3. The lowest BCUT2D eigenvalue weighted by Gasteiger charge is -2.27. The van der Waals surface area contributed by atoms with Crippen molar-refractivity contribution in [2.24, 2.45) is 0 Å². The topological polar surface area (TPSA) is 27.7 Å². The predicted molar refractivity (Wildman–Crippen MR) is 94.5 cm³/mol. The quantitative estimate of drug-likeness (QED) is 0.696. The van der Waals surface area contributed by atoms with E-state index in [4.69, 9.17) is 14.2 Å². The fourth-order valence-corrected chi connectivity index (χ4v) is 3.19. The van der Waals surface area contributed by atoms with E-state index in [0.29, 0.717) is 6.61 Å². The van der Waals surface area contributed by atoms with Crippen LogP contribution in [0.2, 0.25) is 0 Å². The van der Waals surface area contributed by atoms with E-state index in [2.05, 4.69) is 30.3 Å². The van der Waals surface area contributed by atoms with E-state index in [9.17, 15) is 0 Å². The fourth-order valence-electron chi connectivity index (χ4n) is 3.19. The zero-order chi connectivity index (χ0) is 16.4. The highest BCUT2D eigenvalue weighted by Gasteiger charge is 2.22. The monoisotopic (exact) mass is 320 g/mol. The van der Waals surface area contributed by atoms with Crippen LogP contribution in [0.25, 0.3) is 10.8 Å². The van der Waals surface area contributed by atoms with Gasteiger partial charge in [-0.05, 0) is 41.0 Å². The van der Waals surface area contributed by atoms with Gasteiger partial charge < -0.3 is 14.2 Å². The Morgan fingerprint density at radius 3 is 2.75 bits per heavy atom. The molecule has 122 valence electrons. The first-order chi connectivity index (χ1) is 11.8. The molecule has 0 N–H and O–H groups in total. The molecular weight excluding hydrogens is 300 g/mol. The van der Waals surface area contributed by atoms with Crippen molar-refractivity contribution >= 4 is 10.8 Å². The van der Waals surface area contributed by atoms with Gasteiger partial charge in [0.2, 0.25) is 6.29 Å². The summed E-state index contributed by atoms with van der Waals surface area (Å²) in [5.41, 5.74) is 2.42. The molecule has 0 aromatic heterocycles. The first kappa shape index (κ1) is 15.0. The number of benzene rings is 3. The van der Waals surface area contributed by atoms with Crippen molar-refractivity contribution in [3.8, 4) is 11.5 Å². The minimum absolute atomic E-state index is 0.187. The third-order valence-electron chi connectivity index (χ3n) is 4.46. The number of fused-ring (bicyclic) bond motifs is 3. The maximum Gasteiger partial charge on any atom is 0.200 e. The van der Waals surface area contributed by atoms with Gasteiger partial charge in [-0.3, -0.25) is 0 Å². The van der Waals surface area contributed by atoms with Gasteiger partial charge in [0.25, 0.3) is 0 Å². The van der Waals surface area contributed by atoms with Crippen LogP contribution < -0.4 is 9.47 Å². The Bertz CT molecular complexity index is 842. The van der Waals surface area contributed by atoms with Crippen molar-refractivity contribution in [2.45, 2.75) is 25.7 Å². The molecule has 24 heavy (non-hydrogen) atoms. The number of aryl methyl sites for hydroxylation is 1. The molecule has 0 unspecified atom stereocenters. The van der Waals surface area contributed by atoms with Gasteiger partial charge >= 0.3 is 0 Å². The van der Waals surface area contributed by atoms with E-state index in [1.54, 1.807) is 7.11 Å². The van der Waals surface area contributed by atoms with Crippen LogP contribution in [0, 0.1) is 0 Å². The third kappa shape index (κ3) is 2.95. The maximum absolute atomic E-state index is 6.06. The molecule has 0 spiro atoms. The Balaban J connectivity index is 1.52. The van der Waals surface area contributed by atoms with E-state index in [0.717, 1.165) is 29.9 Å². The standard InChI is InChI=1S/C21H20O3/c1-22-17-8-9-18-16(13-17)7-11-20-19(18)10-12-21(24-20)23-14-15-5-3-2-4-6-15/h2-9,11,13,21H,10,12,14H2,1H3/t21-/m0/s1. The zero-order valence-electron chi connectivity index (χ0n) is 13.7. The Kier molecular flexibility index (Phi) is 4.09. The molecule has 1 aliphatic heterocycles. The van der Waals surface area contributed by atoms with Gasteiger partial charge in [0.05, 0.1) is 13.7 Å². The lowest BCUT2D eigenvalue weighted by atomic mass is 9.97. The highest BCUT2D eigenvalue weighted by atomic mass is 16.7. The van der Waals surface area contributed by atoms with E-state index in [1.807, 2.05) is 30.3 Å². The molecule has 0 fully saturated rings. The second-order valence-electron chi connectivity index (χ2n) is 6.01. The summed E-state index contributed by atoms with van der Waals surface area (Å²) in [5.74, 6) is 1.81. The van der Waals surface area contributed by atoms with Crippen LogP contribution in [-0.2, 0) is 17.8 Å². The van der Waals surface area contributed by atoms with Crippen LogP contribution in [0.5, 0.6) is 11.5 Å². The van der Waals surface area contributed by atoms with Crippen molar-refractivity contribution in [1.29, 1.82) is 0 Å². The molecule has 0 saturated carbocycles. The molecule has 0 radical (unpaired) electrons. The highest BCUT2D eigenvalue weighted by Crippen LogP contribution is 2.35. The fraction of sp³-hybridized carbons (Fsp3) is 0.238. The lowest BCUT2D eigenvalue weighted by molar-refractivity contribution is -0.0993. The van der Waals surface area contributed by atoms with Crippen molar-refractivity contribution in [2.75, 3.05) is 7.11 Å². The van der Waals surface area contributed by atoms with Crippen LogP contribution in [0.3, 0.4) is 0 Å². The largest absolute Gasteiger partial charge is 0.497 e. The van der Waals surface area contributed by atoms with Gasteiger partial charge in [-0.1, -0.05) is 42.5 Å². The summed E-state index contributed by atoms with van der Waals surface area (Å²) >= 11 is 0. The highest BCUT2D eigenvalue weighted by molar-refractivity contribution is 5.89. The summed E-state index contributed by atoms with van der Waals surface area (Å²) < 4.78 is 17.3. The van der Waals surface area contributed by atoms with Gasteiger partial charge in [-0.15, -0.1) is 0 Å². The first-order valence-electron chi connectivity index (χ1n) is 8.25. The molecule has 0 aliphatic carbocycles. The van der Waals surface area contributed by atoms with Gasteiger partial charge in [-0.25, -0.2) is 0 Å². The van der Waals surface area contributed by atoms with E-state index in [1.165, 1.54) is 16.3 Å². The lowest BCUT2D eigenvalue weighted by Crippen LogP contribution is -2.25. The van der Waals surface area contributed by atoms with Crippen LogP contribution in [0.1, 0.15) is 17.5 Å². The Morgan fingerprint density at radius 1 is 1.04 bits per heavy atom. The van der Waals surface area contributed by atoms with E-state index in [-0.39, 0.29) is 6.29 Å². The normalized spacial score (nSPS) is 16.5. The molecule has 3 aromatic rings. The van der Waals surface area contributed by atoms with Crippen LogP contribution in [-0.4, -0.2) is 13.4 Å². The van der Waals surface area contributed by atoms with E-state index < -0.39 is 0 Å². The average Bonchev–Trinajstić information content (AvgIpc) is 2.66. The summed E-state index contributed by atoms with van der Waals surface area (Å²) in [4.78, 5) is 0. The van der Waals surface area contributed by atoms with Crippen molar-refractivity contribution in [3.63, 3.8) is 0 Å². The van der Waals surface area contributed by atoms with Crippen molar-refractivity contribution in [1.82, 2.24) is 0 Å². The molecular formula is C21H20O3. The van der Waals surface area contributed by atoms with Crippen LogP contribution in [0.4, 0.5) is 0 Å². The minimum atomic E-state index is -0.187. The number of hydrogen-bond acceptors (Lipinski definition) is 3. The van der Waals surface area contributed by atoms with Crippen LogP contribution >= 0.6 is 0 Å². The van der Waals surface area contributed by atoms with Crippen molar-refractivity contribution in [3.05, 3.63) is 71.8 Å². The van der Waals surface area contributed by atoms with Gasteiger partial charge in [0.15, 0.2) is 0 Å². The summed E-state index contributed by atoms with van der Waals surface area (Å²) in [6.07, 6.45) is 1.64. The molecule has 0 amide bonds. The Hall–Kier alpha value is -2.52. The maximum atomic E-state index is 6.06. The number of rotatable bonds is 4. The average molecular weight is 320 g/mol. The Labute approximate surface area is 141 Å². The number of hydrogen-bond donors (Lipinski definition) is 0. The summed E-state index contributed by atoms with van der Waals surface area (Å²) in [7, 11) is 1.69. The van der Waals surface area contributed by atoms with Gasteiger partial charge in [0.1, 0.15) is 11.5 Å². The summed E-state index contributed by atoms with van der Waals surface area (Å²) in [6, 6.07) is 20.5. The molecule has 1 atom stereocenters. The molecule has 3 nitrogen and oxygen atoms in total. The van der Waals surface area contributed by atoms with E-state index >= 15 is 0 Å². The molecule has 4 rings (SSSR count). The minimum Gasteiger partial charge on any atom is -0.497 e. The Morgan fingerprint density at radius 2 is 1.92 bits per heavy atom. The summed E-state index contributed by atoms with van der Waals surface area (Å²) in [5, 5.41) is 2.41.